The number of carboxylic acid groups (broad SMARTS) is 1. The lowest BCUT2D eigenvalue weighted by Gasteiger charge is -2.10. The average molecular weight is 416 g/mol. The van der Waals surface area contributed by atoms with E-state index in [9.17, 15) is 27.9 Å². The number of halogens is 4. The van der Waals surface area contributed by atoms with Crippen LogP contribution in [0.4, 0.5) is 13.2 Å². The number of rotatable bonds is 5. The lowest BCUT2D eigenvalue weighted by atomic mass is 10.1. The van der Waals surface area contributed by atoms with Gasteiger partial charge in [-0.15, -0.1) is 11.3 Å². The second-order valence-corrected chi connectivity index (χ2v) is 6.80. The second-order valence-electron chi connectivity index (χ2n) is 5.37. The molecule has 3 N–H and O–H groups in total. The molecule has 0 bridgehead atoms. The van der Waals surface area contributed by atoms with E-state index in [1.165, 1.54) is 6.07 Å². The molecule has 10 heteroatoms. The highest BCUT2D eigenvalue weighted by molar-refractivity contribution is 7.21. The summed E-state index contributed by atoms with van der Waals surface area (Å²) in [5.74, 6) is -6.30. The number of ether oxygens (including phenoxy) is 1. The Kier molecular flexibility index (Phi) is 4.99. The van der Waals surface area contributed by atoms with Crippen LogP contribution in [0.2, 0.25) is 5.02 Å². The summed E-state index contributed by atoms with van der Waals surface area (Å²) in [7, 11) is 0. The number of primary amides is 1. The Balaban J connectivity index is 2.06. The van der Waals surface area contributed by atoms with E-state index in [0.717, 1.165) is 6.07 Å². The van der Waals surface area contributed by atoms with Gasteiger partial charge in [-0.1, -0.05) is 11.6 Å². The van der Waals surface area contributed by atoms with Crippen molar-refractivity contribution in [3.8, 4) is 5.75 Å². The molecule has 0 aliphatic rings. The Morgan fingerprint density at radius 2 is 1.78 bits per heavy atom. The summed E-state index contributed by atoms with van der Waals surface area (Å²) >= 11 is 6.68. The first kappa shape index (κ1) is 19.0. The number of aromatic carboxylic acids is 1. The van der Waals surface area contributed by atoms with Gasteiger partial charge in [0, 0.05) is 21.5 Å². The molecule has 0 atom stereocenters. The third kappa shape index (κ3) is 3.43. The van der Waals surface area contributed by atoms with E-state index in [4.69, 9.17) is 22.1 Å². The Hall–Kier alpha value is -2.78. The van der Waals surface area contributed by atoms with Gasteiger partial charge in [0.05, 0.1) is 4.70 Å². The maximum Gasteiger partial charge on any atom is 0.346 e. The molecule has 0 saturated carbocycles. The molecule has 3 rings (SSSR count). The van der Waals surface area contributed by atoms with E-state index in [1.54, 1.807) is 0 Å². The molecule has 0 saturated heterocycles. The summed E-state index contributed by atoms with van der Waals surface area (Å²) in [6.45, 7) is -0.589. The smallest absolute Gasteiger partial charge is 0.346 e. The molecular formula is C17H9ClF3NO4S. The van der Waals surface area contributed by atoms with Crippen molar-refractivity contribution in [3.63, 3.8) is 0 Å². The van der Waals surface area contributed by atoms with Crippen LogP contribution in [0.3, 0.4) is 0 Å². The van der Waals surface area contributed by atoms with Crippen LogP contribution in [-0.2, 0) is 6.61 Å². The first-order valence-corrected chi connectivity index (χ1v) is 8.44. The van der Waals surface area contributed by atoms with E-state index in [2.05, 4.69) is 0 Å². The molecule has 0 radical (unpaired) electrons. The van der Waals surface area contributed by atoms with Crippen LogP contribution in [0.1, 0.15) is 25.6 Å². The minimum atomic E-state index is -1.37. The van der Waals surface area contributed by atoms with E-state index >= 15 is 0 Å². The number of thiophene rings is 1. The quantitative estimate of drug-likeness (QED) is 0.648. The predicted octanol–water partition coefficient (Wildman–Crippen LogP) is 4.35. The summed E-state index contributed by atoms with van der Waals surface area (Å²) in [5.41, 5.74) is 4.55. The molecule has 0 aliphatic carbocycles. The fraction of sp³-hybridized carbons (Fsp3) is 0.0588. The van der Waals surface area contributed by atoms with Crippen LogP contribution in [0.5, 0.6) is 5.75 Å². The van der Waals surface area contributed by atoms with E-state index in [1.807, 2.05) is 0 Å². The number of carbonyl (C=O) groups is 2. The van der Waals surface area contributed by atoms with Crippen molar-refractivity contribution in [3.05, 3.63) is 62.7 Å². The van der Waals surface area contributed by atoms with Gasteiger partial charge in [-0.3, -0.25) is 4.79 Å². The summed E-state index contributed by atoms with van der Waals surface area (Å²) in [6.07, 6.45) is 0. The lowest BCUT2D eigenvalue weighted by molar-refractivity contribution is 0.0699. The van der Waals surface area contributed by atoms with Gasteiger partial charge in [0.25, 0.3) is 0 Å². The molecule has 1 amide bonds. The fourth-order valence-electron chi connectivity index (χ4n) is 2.49. The van der Waals surface area contributed by atoms with Crippen molar-refractivity contribution in [2.75, 3.05) is 0 Å². The third-order valence-corrected chi connectivity index (χ3v) is 5.22. The number of amides is 1. The number of hydrogen-bond donors (Lipinski definition) is 2. The van der Waals surface area contributed by atoms with Crippen LogP contribution in [0.15, 0.2) is 24.3 Å². The van der Waals surface area contributed by atoms with Crippen LogP contribution >= 0.6 is 22.9 Å². The summed E-state index contributed by atoms with van der Waals surface area (Å²) in [6, 6.07) is 3.71. The molecular weight excluding hydrogens is 407 g/mol. The molecule has 140 valence electrons. The van der Waals surface area contributed by atoms with Crippen LogP contribution in [-0.4, -0.2) is 17.0 Å². The maximum atomic E-state index is 14.0. The van der Waals surface area contributed by atoms with Crippen LogP contribution < -0.4 is 10.5 Å². The van der Waals surface area contributed by atoms with Crippen LogP contribution in [0.25, 0.3) is 10.1 Å². The van der Waals surface area contributed by atoms with Gasteiger partial charge in [0.15, 0.2) is 17.4 Å². The monoisotopic (exact) mass is 415 g/mol. The van der Waals surface area contributed by atoms with Gasteiger partial charge in [-0.05, 0) is 24.3 Å². The molecule has 0 spiro atoms. The van der Waals surface area contributed by atoms with Gasteiger partial charge >= 0.3 is 5.97 Å². The molecule has 1 heterocycles. The zero-order chi connectivity index (χ0) is 19.9. The Bertz CT molecular complexity index is 1080. The average Bonchev–Trinajstić information content (AvgIpc) is 2.98. The normalized spacial score (nSPS) is 11.0. The molecule has 2 aromatic carbocycles. The highest BCUT2D eigenvalue weighted by Crippen LogP contribution is 2.38. The molecule has 5 nitrogen and oxygen atoms in total. The predicted molar refractivity (Wildman–Crippen MR) is 93.0 cm³/mol. The maximum absolute atomic E-state index is 14.0. The number of benzene rings is 2. The molecule has 0 unspecified atom stereocenters. The molecule has 27 heavy (non-hydrogen) atoms. The number of carbonyl (C=O) groups excluding carboxylic acids is 1. The van der Waals surface area contributed by atoms with Crippen molar-refractivity contribution >= 4 is 44.9 Å². The highest BCUT2D eigenvalue weighted by Gasteiger charge is 2.24. The topological polar surface area (TPSA) is 89.6 Å². The van der Waals surface area contributed by atoms with Gasteiger partial charge < -0.3 is 15.6 Å². The number of hydrogen-bond acceptors (Lipinski definition) is 4. The SMILES string of the molecule is NC(=O)c1cc(F)c(OCc2c(C(=O)O)sc3c(F)ccc(Cl)c23)c(F)c1. The molecule has 1 aromatic heterocycles. The van der Waals surface area contributed by atoms with Crippen molar-refractivity contribution < 1.29 is 32.6 Å². The minimum Gasteiger partial charge on any atom is -0.483 e. The first-order valence-electron chi connectivity index (χ1n) is 7.25. The number of nitrogens with two attached hydrogens (primary N) is 1. The Morgan fingerprint density at radius 1 is 1.15 bits per heavy atom. The fourth-order valence-corrected chi connectivity index (χ4v) is 3.89. The standard InChI is InChI=1S/C17H9ClF3NO4S/c18-8-1-2-9(19)15-12(8)7(14(27-15)17(24)25)5-26-13-10(20)3-6(16(22)23)4-11(13)21/h1-4H,5H2,(H2,22,23)(H,24,25). The lowest BCUT2D eigenvalue weighted by Crippen LogP contribution is -2.12. The van der Waals surface area contributed by atoms with Crippen LogP contribution in [0, 0.1) is 17.5 Å². The van der Waals surface area contributed by atoms with E-state index < -0.39 is 47.2 Å². The summed E-state index contributed by atoms with van der Waals surface area (Å²) in [4.78, 5) is 22.2. The van der Waals surface area contributed by atoms with Crippen molar-refractivity contribution in [2.45, 2.75) is 6.61 Å². The summed E-state index contributed by atoms with van der Waals surface area (Å²) in [5, 5.41) is 9.50. The van der Waals surface area contributed by atoms with E-state index in [0.29, 0.717) is 23.5 Å². The Morgan fingerprint density at radius 3 is 2.33 bits per heavy atom. The highest BCUT2D eigenvalue weighted by atomic mass is 35.5. The minimum absolute atomic E-state index is 0.0106. The largest absolute Gasteiger partial charge is 0.483 e. The van der Waals surface area contributed by atoms with Crippen molar-refractivity contribution in [1.82, 2.24) is 0 Å². The van der Waals surface area contributed by atoms with E-state index in [-0.39, 0.29) is 25.5 Å². The second kappa shape index (κ2) is 7.09. The number of fused-ring (bicyclic) bond motifs is 1. The molecule has 0 aliphatic heterocycles. The zero-order valence-electron chi connectivity index (χ0n) is 13.2. The Labute approximate surface area is 158 Å². The van der Waals surface area contributed by atoms with Gasteiger partial charge in [0.1, 0.15) is 17.3 Å². The van der Waals surface area contributed by atoms with Crippen molar-refractivity contribution in [1.29, 1.82) is 0 Å². The summed E-state index contributed by atoms with van der Waals surface area (Å²) < 4.78 is 47.2. The zero-order valence-corrected chi connectivity index (χ0v) is 14.8. The van der Waals surface area contributed by atoms with Crippen molar-refractivity contribution in [2.24, 2.45) is 5.73 Å². The first-order chi connectivity index (χ1) is 12.7. The molecule has 0 fully saturated rings. The molecule has 3 aromatic rings. The van der Waals surface area contributed by atoms with Gasteiger partial charge in [-0.25, -0.2) is 18.0 Å². The third-order valence-electron chi connectivity index (χ3n) is 3.68. The number of carboxylic acids is 1. The van der Waals surface area contributed by atoms with Gasteiger partial charge in [-0.2, -0.15) is 0 Å². The van der Waals surface area contributed by atoms with Gasteiger partial charge in [0.2, 0.25) is 5.91 Å².